The molecule has 3 aromatic heterocycles. The molecule has 0 atom stereocenters. The van der Waals surface area contributed by atoms with Crippen molar-refractivity contribution in [3.8, 4) is 22.3 Å². The second-order valence-electron chi connectivity index (χ2n) is 27.7. The summed E-state index contributed by atoms with van der Waals surface area (Å²) in [5.41, 5.74) is 21.6. The van der Waals surface area contributed by atoms with Gasteiger partial charge in [0.1, 0.15) is 11.2 Å². The normalized spacial score (nSPS) is 27.4. The van der Waals surface area contributed by atoms with Crippen LogP contribution in [0.25, 0.3) is 86.2 Å². The summed E-state index contributed by atoms with van der Waals surface area (Å²) >= 11 is 1.95. The monoisotopic (exact) mass is 1010 g/mol. The molecule has 10 aliphatic rings. The molecule has 0 spiro atoms. The van der Waals surface area contributed by atoms with E-state index in [1.165, 1.54) is 186 Å². The Labute approximate surface area is 455 Å². The summed E-state index contributed by atoms with van der Waals surface area (Å²) in [6, 6.07) is 58.0. The van der Waals surface area contributed by atoms with Crippen LogP contribution in [0.15, 0.2) is 150 Å². The number of furan rings is 1. The molecule has 376 valence electrons. The van der Waals surface area contributed by atoms with Gasteiger partial charge in [-0.25, -0.2) is 0 Å². The van der Waals surface area contributed by atoms with Gasteiger partial charge in [0.25, 0.3) is 0 Å². The Bertz CT molecular complexity index is 4360. The third-order valence-corrected chi connectivity index (χ3v) is 23.3. The summed E-state index contributed by atoms with van der Waals surface area (Å²) in [6.07, 6.45) is 16.9. The molecule has 2 aliphatic heterocycles. The Kier molecular flexibility index (Phi) is 8.33. The molecule has 0 unspecified atom stereocenters. The van der Waals surface area contributed by atoms with Gasteiger partial charge in [0.05, 0.1) is 5.69 Å². The largest absolute Gasteiger partial charge is 0.455 e. The lowest BCUT2D eigenvalue weighted by molar-refractivity contribution is -0.00527. The van der Waals surface area contributed by atoms with Gasteiger partial charge in [-0.1, -0.05) is 99.6 Å². The number of para-hydroxylation sites is 1. The number of hydrogen-bond acceptors (Lipinski definition) is 3. The van der Waals surface area contributed by atoms with Gasteiger partial charge in [-0.15, -0.1) is 11.3 Å². The quantitative estimate of drug-likeness (QED) is 0.164. The van der Waals surface area contributed by atoms with Crippen LogP contribution in [-0.2, 0) is 16.2 Å². The van der Waals surface area contributed by atoms with E-state index in [9.17, 15) is 0 Å². The Hall–Kier alpha value is -6.56. The first-order chi connectivity index (χ1) is 37.6. The topological polar surface area (TPSA) is 21.3 Å². The fourth-order valence-electron chi connectivity index (χ4n) is 19.8. The van der Waals surface area contributed by atoms with Gasteiger partial charge in [0.2, 0.25) is 0 Å². The minimum atomic E-state index is -0.0872. The van der Waals surface area contributed by atoms with Crippen molar-refractivity contribution in [2.45, 2.75) is 114 Å². The zero-order chi connectivity index (χ0) is 50.4. The minimum Gasteiger partial charge on any atom is -0.455 e. The van der Waals surface area contributed by atoms with Gasteiger partial charge in [-0.3, -0.25) is 0 Å². The average molecular weight is 1020 g/mol. The number of hydrogen-bond donors (Lipinski definition) is 0. The lowest BCUT2D eigenvalue weighted by Gasteiger charge is -2.57. The van der Waals surface area contributed by atoms with Crippen molar-refractivity contribution in [2.75, 3.05) is 4.90 Å². The zero-order valence-corrected chi connectivity index (χ0v) is 45.4. The van der Waals surface area contributed by atoms with Gasteiger partial charge in [0, 0.05) is 80.8 Å². The molecule has 0 saturated heterocycles. The number of thiophene rings is 1. The summed E-state index contributed by atoms with van der Waals surface area (Å²) in [6.45, 7) is 6.98. The maximum atomic E-state index is 7.45. The van der Waals surface area contributed by atoms with Crippen molar-refractivity contribution in [2.24, 2.45) is 35.5 Å². The molecule has 8 fully saturated rings. The molecule has 11 aromatic rings. The van der Waals surface area contributed by atoms with Gasteiger partial charge in [-0.05, 0) is 229 Å². The summed E-state index contributed by atoms with van der Waals surface area (Å²) in [4.78, 5) is 2.72. The van der Waals surface area contributed by atoms with Crippen molar-refractivity contribution in [1.82, 2.24) is 4.48 Å². The predicted octanol–water partition coefficient (Wildman–Crippen LogP) is 18.4. The molecule has 21 rings (SSSR count). The molecule has 0 amide bonds. The Morgan fingerprint density at radius 3 is 1.86 bits per heavy atom. The van der Waals surface area contributed by atoms with Crippen LogP contribution in [0.5, 0.6) is 0 Å². The van der Waals surface area contributed by atoms with Crippen LogP contribution < -0.4 is 15.8 Å². The van der Waals surface area contributed by atoms with E-state index in [0.717, 1.165) is 46.7 Å². The highest BCUT2D eigenvalue weighted by Gasteiger charge is 2.54. The van der Waals surface area contributed by atoms with Crippen molar-refractivity contribution in [3.05, 3.63) is 162 Å². The van der Waals surface area contributed by atoms with Crippen LogP contribution >= 0.6 is 11.3 Å². The van der Waals surface area contributed by atoms with E-state index in [-0.39, 0.29) is 17.7 Å². The number of aromatic nitrogens is 1. The van der Waals surface area contributed by atoms with E-state index >= 15 is 0 Å². The van der Waals surface area contributed by atoms with Gasteiger partial charge in [0.15, 0.2) is 0 Å². The number of nitrogens with zero attached hydrogens (tertiary/aromatic N) is 2. The number of anilines is 3. The Morgan fingerprint density at radius 1 is 0.506 bits per heavy atom. The standard InChI is InChI=1S/C72H63BN2OS/c1-70(2,3)47-17-19-59(52(27-47)46-11-5-4-6-12-46)74-61-31-54-51-14-8-10-16-64(51)77-65(54)33-58(61)73-67-62(74)32-56-50-13-7-9-15-63(50)76-69(56)66(67)57-30-49(72-37-43-24-44(38-72)26-45(25-43)39-72)29-55-53-28-48(18-20-60(53)75(73)68(55)57)71-34-40-21-41(35-71)23-42(22-40)36-71/h4-20,27-33,40-45H,21-26,34-39H2,1-3H3. The van der Waals surface area contributed by atoms with E-state index < -0.39 is 0 Å². The molecule has 3 nitrogen and oxygen atoms in total. The van der Waals surface area contributed by atoms with Crippen molar-refractivity contribution >= 4 is 110 Å². The van der Waals surface area contributed by atoms with Gasteiger partial charge < -0.3 is 13.8 Å². The highest BCUT2D eigenvalue weighted by Crippen LogP contribution is 2.64. The minimum absolute atomic E-state index is 0.0307. The van der Waals surface area contributed by atoms with Crippen LogP contribution in [0.2, 0.25) is 0 Å². The van der Waals surface area contributed by atoms with E-state index in [1.54, 1.807) is 11.1 Å². The molecule has 8 aliphatic carbocycles. The molecule has 5 heteroatoms. The smallest absolute Gasteiger partial charge is 0.333 e. The molecule has 8 saturated carbocycles. The number of rotatable bonds is 4. The maximum absolute atomic E-state index is 7.45. The fourth-order valence-corrected chi connectivity index (χ4v) is 21.0. The van der Waals surface area contributed by atoms with Crippen molar-refractivity contribution in [3.63, 3.8) is 0 Å². The molecule has 5 heterocycles. The molecule has 8 aromatic carbocycles. The second-order valence-corrected chi connectivity index (χ2v) is 28.8. The van der Waals surface area contributed by atoms with Gasteiger partial charge >= 0.3 is 6.85 Å². The van der Waals surface area contributed by atoms with Gasteiger partial charge in [-0.2, -0.15) is 0 Å². The first-order valence-electron chi connectivity index (χ1n) is 29.7. The average Bonchev–Trinajstić information content (AvgIpc) is 4.24. The van der Waals surface area contributed by atoms with E-state index in [2.05, 4.69) is 176 Å². The number of fused-ring (bicyclic) bond motifs is 14. The van der Waals surface area contributed by atoms with Crippen LogP contribution in [0.3, 0.4) is 0 Å². The molecular formula is C72H63BN2OS. The van der Waals surface area contributed by atoms with Crippen molar-refractivity contribution in [1.29, 1.82) is 0 Å². The predicted molar refractivity (Wildman–Crippen MR) is 324 cm³/mol. The van der Waals surface area contributed by atoms with Crippen LogP contribution in [0.4, 0.5) is 17.1 Å². The van der Waals surface area contributed by atoms with Crippen molar-refractivity contribution < 1.29 is 4.42 Å². The lowest BCUT2D eigenvalue weighted by Crippen LogP contribution is -2.56. The third-order valence-electron chi connectivity index (χ3n) is 22.2. The maximum Gasteiger partial charge on any atom is 0.333 e. The first kappa shape index (κ1) is 43.4. The SMILES string of the molecule is CC(C)(C)c1ccc(N2c3cc4c(cc3B3c5c2cc2c(oc6ccccc62)c5-c2cc(C56CC7CC(CC(C7)C5)C6)cc5c6cc(C78CC9CC(CC(C9)C7)C8)ccc6n3c25)sc2ccccc24)c(-c2ccccc2)c1. The summed E-state index contributed by atoms with van der Waals surface area (Å²) in [5.74, 6) is 5.25. The molecular weight excluding hydrogens is 952 g/mol. The highest BCUT2D eigenvalue weighted by molar-refractivity contribution is 7.26. The number of benzene rings is 8. The summed E-state index contributed by atoms with van der Waals surface area (Å²) in [5, 5.41) is 8.02. The highest BCUT2D eigenvalue weighted by atomic mass is 32.1. The molecule has 77 heavy (non-hydrogen) atoms. The third kappa shape index (κ3) is 5.80. The first-order valence-corrected chi connectivity index (χ1v) is 30.5. The molecule has 0 radical (unpaired) electrons. The summed E-state index contributed by atoms with van der Waals surface area (Å²) < 4.78 is 13.0. The van der Waals surface area contributed by atoms with E-state index in [4.69, 9.17) is 4.42 Å². The Balaban J connectivity index is 0.974. The van der Waals surface area contributed by atoms with E-state index in [1.807, 2.05) is 11.3 Å². The fraction of sp³-hybridized carbons (Fsp3) is 0.333. The zero-order valence-electron chi connectivity index (χ0n) is 44.6. The molecule has 0 N–H and O–H groups in total. The summed E-state index contributed by atoms with van der Waals surface area (Å²) in [7, 11) is 0. The van der Waals surface area contributed by atoms with Crippen LogP contribution in [0, 0.1) is 35.5 Å². The Morgan fingerprint density at radius 2 is 1.14 bits per heavy atom. The van der Waals surface area contributed by atoms with E-state index in [0.29, 0.717) is 5.41 Å². The molecule has 8 bridgehead atoms. The van der Waals surface area contributed by atoms with Crippen LogP contribution in [0.1, 0.15) is 115 Å². The second kappa shape index (κ2) is 14.8. The lowest BCUT2D eigenvalue weighted by atomic mass is 9.44. The van der Waals surface area contributed by atoms with Crippen LogP contribution in [-0.4, -0.2) is 11.3 Å².